The van der Waals surface area contributed by atoms with E-state index in [1.54, 1.807) is 0 Å². The van der Waals surface area contributed by atoms with Gasteiger partial charge in [-0.2, -0.15) is 5.10 Å². The lowest BCUT2D eigenvalue weighted by molar-refractivity contribution is 0.546. The largest absolute Gasteiger partial charge is 0.302 e. The fraction of sp³-hybridized carbons (Fsp3) is 0.818. The summed E-state index contributed by atoms with van der Waals surface area (Å²) in [6.45, 7) is 6.51. The van der Waals surface area contributed by atoms with Gasteiger partial charge in [0.1, 0.15) is 5.82 Å². The highest BCUT2D eigenvalue weighted by molar-refractivity contribution is 7.71. The van der Waals surface area contributed by atoms with Crippen LogP contribution in [0.1, 0.15) is 58.3 Å². The highest BCUT2D eigenvalue weighted by Crippen LogP contribution is 2.11. The van der Waals surface area contributed by atoms with Gasteiger partial charge < -0.3 is 4.57 Å². The molecule has 0 saturated heterocycles. The van der Waals surface area contributed by atoms with E-state index in [2.05, 4.69) is 35.5 Å². The molecule has 0 amide bonds. The van der Waals surface area contributed by atoms with Crippen LogP contribution in [0.2, 0.25) is 0 Å². The summed E-state index contributed by atoms with van der Waals surface area (Å²) < 4.78 is 2.86. The minimum absolute atomic E-state index is 0.400. The number of nitrogens with zero attached hydrogens (tertiary/aromatic N) is 2. The Labute approximate surface area is 96.9 Å². The fourth-order valence-corrected chi connectivity index (χ4v) is 2.12. The Balaban J connectivity index is 2.57. The predicted molar refractivity (Wildman–Crippen MR) is 65.6 cm³/mol. The van der Waals surface area contributed by atoms with E-state index in [9.17, 15) is 0 Å². The maximum atomic E-state index is 5.20. The predicted octanol–water partition coefficient (Wildman–Crippen LogP) is 3.64. The number of aryl methyl sites for hydroxylation is 1. The Bertz CT molecular complexity index is 338. The molecule has 86 valence electrons. The zero-order valence-electron chi connectivity index (χ0n) is 9.92. The van der Waals surface area contributed by atoms with Crippen LogP contribution < -0.4 is 0 Å². The van der Waals surface area contributed by atoms with Crippen molar-refractivity contribution < 1.29 is 0 Å². The topological polar surface area (TPSA) is 33.6 Å². The van der Waals surface area contributed by atoms with Crippen molar-refractivity contribution in [1.29, 1.82) is 0 Å². The molecule has 15 heavy (non-hydrogen) atoms. The van der Waals surface area contributed by atoms with Crippen LogP contribution in [0.25, 0.3) is 0 Å². The van der Waals surface area contributed by atoms with E-state index in [1.165, 1.54) is 25.7 Å². The van der Waals surface area contributed by atoms with Crippen LogP contribution in [0.5, 0.6) is 0 Å². The van der Waals surface area contributed by atoms with Crippen molar-refractivity contribution in [3.05, 3.63) is 10.6 Å². The molecule has 0 spiro atoms. The molecular formula is C11H21N3S. The normalized spacial score (nSPS) is 11.2. The lowest BCUT2D eigenvalue weighted by atomic mass is 10.1. The second-order valence-corrected chi connectivity index (χ2v) is 4.61. The molecule has 1 rings (SSSR count). The maximum Gasteiger partial charge on any atom is 0.195 e. The van der Waals surface area contributed by atoms with E-state index in [0.29, 0.717) is 6.04 Å². The Morgan fingerprint density at radius 2 is 2.07 bits per heavy atom. The molecule has 0 aromatic carbocycles. The van der Waals surface area contributed by atoms with Crippen molar-refractivity contribution in [1.82, 2.24) is 14.8 Å². The van der Waals surface area contributed by atoms with Crippen molar-refractivity contribution in [2.45, 2.75) is 58.9 Å². The standard InChI is InChI=1S/C11H21N3S/c1-4-5-6-7-8-10-12-13-11(15)14(10)9(2)3/h9H,4-8H2,1-3H3,(H,13,15). The number of rotatable bonds is 6. The average Bonchev–Trinajstić information content (AvgIpc) is 2.54. The van der Waals surface area contributed by atoms with Crippen molar-refractivity contribution in [2.24, 2.45) is 0 Å². The molecule has 0 unspecified atom stereocenters. The lowest BCUT2D eigenvalue weighted by Gasteiger charge is -2.09. The number of hydrogen-bond acceptors (Lipinski definition) is 2. The third kappa shape index (κ3) is 3.45. The molecular weight excluding hydrogens is 206 g/mol. The van der Waals surface area contributed by atoms with Gasteiger partial charge in [-0.1, -0.05) is 26.2 Å². The van der Waals surface area contributed by atoms with E-state index >= 15 is 0 Å². The Morgan fingerprint density at radius 1 is 1.33 bits per heavy atom. The molecule has 0 saturated carbocycles. The van der Waals surface area contributed by atoms with E-state index in [0.717, 1.165) is 17.0 Å². The number of aromatic amines is 1. The maximum absolute atomic E-state index is 5.20. The fourth-order valence-electron chi connectivity index (χ4n) is 1.76. The molecule has 1 heterocycles. The molecule has 0 bridgehead atoms. The number of unbranched alkanes of at least 4 members (excludes halogenated alkanes) is 3. The minimum Gasteiger partial charge on any atom is -0.302 e. The molecule has 0 aliphatic heterocycles. The average molecular weight is 227 g/mol. The van der Waals surface area contributed by atoms with Gasteiger partial charge >= 0.3 is 0 Å². The number of aromatic nitrogens is 3. The first-order valence-corrected chi connectivity index (χ1v) is 6.23. The molecule has 0 atom stereocenters. The summed E-state index contributed by atoms with van der Waals surface area (Å²) in [5, 5.41) is 7.16. The van der Waals surface area contributed by atoms with Gasteiger partial charge in [0.05, 0.1) is 0 Å². The second kappa shape index (κ2) is 6.05. The SMILES string of the molecule is CCCCCCc1n[nH]c(=S)n1C(C)C. The zero-order chi connectivity index (χ0) is 11.3. The van der Waals surface area contributed by atoms with E-state index in [-0.39, 0.29) is 0 Å². The van der Waals surface area contributed by atoms with Gasteiger partial charge in [-0.25, -0.2) is 0 Å². The Hall–Kier alpha value is -0.640. The van der Waals surface area contributed by atoms with E-state index in [4.69, 9.17) is 12.2 Å². The van der Waals surface area contributed by atoms with Crippen LogP contribution in [0.3, 0.4) is 0 Å². The number of H-pyrrole nitrogens is 1. The van der Waals surface area contributed by atoms with Crippen LogP contribution in [-0.4, -0.2) is 14.8 Å². The van der Waals surface area contributed by atoms with Gasteiger partial charge in [-0.15, -0.1) is 0 Å². The number of nitrogens with one attached hydrogen (secondary N) is 1. The van der Waals surface area contributed by atoms with Crippen molar-refractivity contribution in [3.63, 3.8) is 0 Å². The second-order valence-electron chi connectivity index (χ2n) is 4.22. The summed E-state index contributed by atoms with van der Waals surface area (Å²) in [5.74, 6) is 1.10. The van der Waals surface area contributed by atoms with Gasteiger partial charge in [-0.3, -0.25) is 5.10 Å². The summed E-state index contributed by atoms with van der Waals surface area (Å²) >= 11 is 5.20. The van der Waals surface area contributed by atoms with Gasteiger partial charge in [0.2, 0.25) is 0 Å². The van der Waals surface area contributed by atoms with Crippen LogP contribution in [0, 0.1) is 4.77 Å². The molecule has 1 aromatic rings. The molecule has 0 fully saturated rings. The summed E-state index contributed by atoms with van der Waals surface area (Å²) in [4.78, 5) is 0. The molecule has 1 N–H and O–H groups in total. The third-order valence-corrected chi connectivity index (χ3v) is 2.84. The van der Waals surface area contributed by atoms with Crippen molar-refractivity contribution in [2.75, 3.05) is 0 Å². The summed E-state index contributed by atoms with van der Waals surface area (Å²) in [5.41, 5.74) is 0. The van der Waals surface area contributed by atoms with Gasteiger partial charge in [0.25, 0.3) is 0 Å². The third-order valence-electron chi connectivity index (χ3n) is 2.55. The van der Waals surface area contributed by atoms with E-state index < -0.39 is 0 Å². The smallest absolute Gasteiger partial charge is 0.195 e. The van der Waals surface area contributed by atoms with Crippen molar-refractivity contribution in [3.8, 4) is 0 Å². The Kier molecular flexibility index (Phi) is 5.02. The van der Waals surface area contributed by atoms with Gasteiger partial charge in [0, 0.05) is 12.5 Å². The summed E-state index contributed by atoms with van der Waals surface area (Å²) in [6, 6.07) is 0.400. The molecule has 0 aliphatic rings. The van der Waals surface area contributed by atoms with Crippen LogP contribution in [0.4, 0.5) is 0 Å². The van der Waals surface area contributed by atoms with Crippen LogP contribution >= 0.6 is 12.2 Å². The lowest BCUT2D eigenvalue weighted by Crippen LogP contribution is -2.06. The molecule has 1 aromatic heterocycles. The quantitative estimate of drug-likeness (QED) is 0.594. The molecule has 3 nitrogen and oxygen atoms in total. The van der Waals surface area contributed by atoms with Crippen LogP contribution in [-0.2, 0) is 6.42 Å². The van der Waals surface area contributed by atoms with E-state index in [1.807, 2.05) is 0 Å². The van der Waals surface area contributed by atoms with Crippen LogP contribution in [0.15, 0.2) is 0 Å². The minimum atomic E-state index is 0.400. The summed E-state index contributed by atoms with van der Waals surface area (Å²) in [6.07, 6.45) is 6.11. The van der Waals surface area contributed by atoms with Crippen molar-refractivity contribution >= 4 is 12.2 Å². The zero-order valence-corrected chi connectivity index (χ0v) is 10.7. The monoisotopic (exact) mass is 227 g/mol. The Morgan fingerprint density at radius 3 is 2.67 bits per heavy atom. The first-order chi connectivity index (χ1) is 7.16. The first kappa shape index (κ1) is 12.4. The highest BCUT2D eigenvalue weighted by atomic mass is 32.1. The van der Waals surface area contributed by atoms with Gasteiger partial charge in [0.15, 0.2) is 4.77 Å². The van der Waals surface area contributed by atoms with Gasteiger partial charge in [-0.05, 0) is 32.5 Å². The molecule has 0 radical (unpaired) electrons. The molecule has 0 aliphatic carbocycles. The first-order valence-electron chi connectivity index (χ1n) is 5.82. The number of hydrogen-bond donors (Lipinski definition) is 1. The summed E-state index contributed by atoms with van der Waals surface area (Å²) in [7, 11) is 0. The highest BCUT2D eigenvalue weighted by Gasteiger charge is 2.08. The molecule has 4 heteroatoms.